The topological polar surface area (TPSA) is 16.4 Å². The van der Waals surface area contributed by atoms with Crippen molar-refractivity contribution >= 4 is 81.3 Å². The van der Waals surface area contributed by atoms with Gasteiger partial charge in [-0.2, -0.15) is 0 Å². The summed E-state index contributed by atoms with van der Waals surface area (Å²) >= 11 is 1.86. The van der Waals surface area contributed by atoms with Crippen molar-refractivity contribution in [2.24, 2.45) is 0 Å². The van der Waals surface area contributed by atoms with Crippen LogP contribution >= 0.6 is 11.3 Å². The Labute approximate surface area is 322 Å². The molecule has 0 saturated carbocycles. The third kappa shape index (κ3) is 5.40. The van der Waals surface area contributed by atoms with E-state index in [4.69, 9.17) is 4.42 Å². The molecular weight excluding hydrogens is 687 g/mol. The lowest BCUT2D eigenvalue weighted by Crippen LogP contribution is -2.10. The van der Waals surface area contributed by atoms with E-state index in [0.29, 0.717) is 0 Å². The van der Waals surface area contributed by atoms with E-state index in [2.05, 4.69) is 205 Å². The Balaban J connectivity index is 1.03. The van der Waals surface area contributed by atoms with Gasteiger partial charge in [-0.25, -0.2) is 0 Å². The monoisotopic (exact) mass is 719 g/mol. The van der Waals surface area contributed by atoms with Crippen molar-refractivity contribution in [3.05, 3.63) is 200 Å². The lowest BCUT2D eigenvalue weighted by Gasteiger charge is -2.26. The molecule has 0 fully saturated rings. The smallest absolute Gasteiger partial charge is 0.143 e. The van der Waals surface area contributed by atoms with E-state index >= 15 is 0 Å². The fraction of sp³-hybridized carbons (Fsp3) is 0. The molecule has 0 atom stereocenters. The predicted molar refractivity (Wildman–Crippen MR) is 235 cm³/mol. The average molecular weight is 720 g/mol. The molecule has 55 heavy (non-hydrogen) atoms. The summed E-state index contributed by atoms with van der Waals surface area (Å²) in [5.41, 5.74) is 12.2. The molecule has 0 unspecified atom stereocenters. The first-order valence-corrected chi connectivity index (χ1v) is 19.5. The first kappa shape index (κ1) is 31.6. The maximum atomic E-state index is 6.57. The van der Waals surface area contributed by atoms with Gasteiger partial charge in [-0.1, -0.05) is 140 Å². The summed E-state index contributed by atoms with van der Waals surface area (Å²) in [4.78, 5) is 2.36. The van der Waals surface area contributed by atoms with Gasteiger partial charge in [0.2, 0.25) is 0 Å². The maximum absolute atomic E-state index is 6.57. The molecule has 0 amide bonds. The highest BCUT2D eigenvalue weighted by Crippen LogP contribution is 2.43. The van der Waals surface area contributed by atoms with E-state index in [1.807, 2.05) is 11.3 Å². The Morgan fingerprint density at radius 3 is 1.80 bits per heavy atom. The molecule has 2 heterocycles. The minimum atomic E-state index is 0.895. The highest BCUT2D eigenvalue weighted by atomic mass is 32.1. The van der Waals surface area contributed by atoms with Crippen LogP contribution in [0.3, 0.4) is 0 Å². The molecule has 0 radical (unpaired) electrons. The zero-order chi connectivity index (χ0) is 36.3. The van der Waals surface area contributed by atoms with Gasteiger partial charge in [0.15, 0.2) is 0 Å². The first-order valence-electron chi connectivity index (χ1n) is 18.7. The second-order valence-electron chi connectivity index (χ2n) is 14.1. The molecule has 0 bridgehead atoms. The minimum absolute atomic E-state index is 0.895. The summed E-state index contributed by atoms with van der Waals surface area (Å²) in [5, 5.41) is 7.22. The molecule has 0 saturated heterocycles. The predicted octanol–water partition coefficient (Wildman–Crippen LogP) is 15.6. The van der Waals surface area contributed by atoms with Gasteiger partial charge in [0.1, 0.15) is 11.2 Å². The van der Waals surface area contributed by atoms with E-state index in [0.717, 1.165) is 55.5 Å². The number of benzene rings is 9. The molecule has 9 aromatic carbocycles. The second-order valence-corrected chi connectivity index (χ2v) is 15.2. The van der Waals surface area contributed by atoms with Crippen LogP contribution in [0.15, 0.2) is 205 Å². The Morgan fingerprint density at radius 1 is 0.364 bits per heavy atom. The molecule has 0 N–H and O–H groups in total. The van der Waals surface area contributed by atoms with Crippen LogP contribution < -0.4 is 4.90 Å². The zero-order valence-corrected chi connectivity index (χ0v) is 30.6. The molecule has 0 aliphatic heterocycles. The fourth-order valence-electron chi connectivity index (χ4n) is 8.20. The zero-order valence-electron chi connectivity index (χ0n) is 29.8. The van der Waals surface area contributed by atoms with E-state index in [-0.39, 0.29) is 0 Å². The van der Waals surface area contributed by atoms with Gasteiger partial charge in [0.05, 0.1) is 0 Å². The second kappa shape index (κ2) is 12.9. The van der Waals surface area contributed by atoms with E-state index in [1.165, 1.54) is 47.8 Å². The van der Waals surface area contributed by atoms with Gasteiger partial charge in [-0.3, -0.25) is 0 Å². The standard InChI is InChI=1S/C52H33NOS/c1-2-10-34(11-3-1)35-20-26-40(27-21-35)53(41-28-22-36(23-29-41)38-25-30-46-45-16-6-7-19-49(45)55-50(46)33-38)42-14-8-13-39(32-42)43-17-9-18-48-51(43)47-31-24-37-12-4-5-15-44(37)52(47)54-48/h1-33H. The number of thiophene rings is 1. The van der Waals surface area contributed by atoms with Crippen LogP contribution in [-0.2, 0) is 0 Å². The fourth-order valence-corrected chi connectivity index (χ4v) is 9.34. The molecule has 2 aromatic heterocycles. The minimum Gasteiger partial charge on any atom is -0.455 e. The van der Waals surface area contributed by atoms with Gasteiger partial charge in [-0.05, 0) is 99.4 Å². The van der Waals surface area contributed by atoms with Crippen molar-refractivity contribution in [1.29, 1.82) is 0 Å². The van der Waals surface area contributed by atoms with Crippen LogP contribution in [0.25, 0.3) is 86.3 Å². The van der Waals surface area contributed by atoms with Crippen molar-refractivity contribution in [2.75, 3.05) is 4.90 Å². The SMILES string of the molecule is c1ccc(-c2ccc(N(c3ccc(-c4ccc5c(c4)sc4ccccc45)cc3)c3cccc(-c4cccc5oc6c7ccccc7ccc6c45)c3)cc2)cc1. The summed E-state index contributed by atoms with van der Waals surface area (Å²) < 4.78 is 9.21. The molecule has 2 nitrogen and oxygen atoms in total. The molecule has 11 rings (SSSR count). The number of rotatable bonds is 6. The first-order chi connectivity index (χ1) is 27.2. The summed E-state index contributed by atoms with van der Waals surface area (Å²) in [6.45, 7) is 0. The van der Waals surface area contributed by atoms with Crippen molar-refractivity contribution in [3.63, 3.8) is 0 Å². The Morgan fingerprint density at radius 2 is 0.982 bits per heavy atom. The van der Waals surface area contributed by atoms with Crippen molar-refractivity contribution in [1.82, 2.24) is 0 Å². The third-order valence-corrected chi connectivity index (χ3v) is 12.0. The quantitative estimate of drug-likeness (QED) is 0.170. The van der Waals surface area contributed by atoms with Crippen LogP contribution in [0.5, 0.6) is 0 Å². The molecular formula is C52H33NOS. The third-order valence-electron chi connectivity index (χ3n) is 10.9. The van der Waals surface area contributed by atoms with Gasteiger partial charge >= 0.3 is 0 Å². The van der Waals surface area contributed by atoms with E-state index < -0.39 is 0 Å². The highest BCUT2D eigenvalue weighted by Gasteiger charge is 2.18. The Hall–Kier alpha value is -6.94. The molecule has 11 aromatic rings. The van der Waals surface area contributed by atoms with Crippen molar-refractivity contribution < 1.29 is 4.42 Å². The number of nitrogens with zero attached hydrogens (tertiary/aromatic N) is 1. The van der Waals surface area contributed by atoms with E-state index in [9.17, 15) is 0 Å². The normalized spacial score (nSPS) is 11.6. The maximum Gasteiger partial charge on any atom is 0.143 e. The highest BCUT2D eigenvalue weighted by molar-refractivity contribution is 7.25. The van der Waals surface area contributed by atoms with Crippen LogP contribution in [0, 0.1) is 0 Å². The summed E-state index contributed by atoms with van der Waals surface area (Å²) in [6, 6.07) is 72.1. The number of anilines is 3. The largest absolute Gasteiger partial charge is 0.455 e. The van der Waals surface area contributed by atoms with Crippen LogP contribution in [0.1, 0.15) is 0 Å². The number of hydrogen-bond acceptors (Lipinski definition) is 3. The molecule has 258 valence electrons. The van der Waals surface area contributed by atoms with Gasteiger partial charge in [-0.15, -0.1) is 11.3 Å². The molecule has 3 heteroatoms. The average Bonchev–Trinajstić information content (AvgIpc) is 3.83. The van der Waals surface area contributed by atoms with Gasteiger partial charge < -0.3 is 9.32 Å². The summed E-state index contributed by atoms with van der Waals surface area (Å²) in [7, 11) is 0. The van der Waals surface area contributed by atoms with Gasteiger partial charge in [0, 0.05) is 53.4 Å². The molecule has 0 aliphatic rings. The molecule has 0 aliphatic carbocycles. The van der Waals surface area contributed by atoms with Gasteiger partial charge in [0.25, 0.3) is 0 Å². The Kier molecular flexibility index (Phi) is 7.39. The van der Waals surface area contributed by atoms with Crippen LogP contribution in [0.4, 0.5) is 17.1 Å². The van der Waals surface area contributed by atoms with Crippen LogP contribution in [0.2, 0.25) is 0 Å². The van der Waals surface area contributed by atoms with Crippen molar-refractivity contribution in [2.45, 2.75) is 0 Å². The van der Waals surface area contributed by atoms with Crippen LogP contribution in [-0.4, -0.2) is 0 Å². The summed E-state index contributed by atoms with van der Waals surface area (Å²) in [6.07, 6.45) is 0. The number of fused-ring (bicyclic) bond motifs is 8. The lowest BCUT2D eigenvalue weighted by atomic mass is 9.97. The Bertz CT molecular complexity index is 3190. The molecule has 0 spiro atoms. The van der Waals surface area contributed by atoms with Crippen molar-refractivity contribution in [3.8, 4) is 33.4 Å². The van der Waals surface area contributed by atoms with E-state index in [1.54, 1.807) is 0 Å². The number of furan rings is 1. The number of hydrogen-bond donors (Lipinski definition) is 0. The summed E-state index contributed by atoms with van der Waals surface area (Å²) in [5.74, 6) is 0. The lowest BCUT2D eigenvalue weighted by molar-refractivity contribution is 0.673.